The number of hydrogen-bond acceptors (Lipinski definition) is 4. The van der Waals surface area contributed by atoms with Gasteiger partial charge in [0.1, 0.15) is 13.1 Å². The lowest BCUT2D eigenvalue weighted by Gasteiger charge is -2.16. The molecule has 0 aromatic heterocycles. The molecule has 7 nitrogen and oxygen atoms in total. The first kappa shape index (κ1) is 15.0. The Balaban J connectivity index is 1.57. The fraction of sp³-hybridized carbons (Fsp3) is 0.375. The van der Waals surface area contributed by atoms with Crippen LogP contribution in [0.25, 0.3) is 0 Å². The second-order valence-corrected chi connectivity index (χ2v) is 5.70. The number of anilines is 1. The Hall–Kier alpha value is -2.88. The quantitative estimate of drug-likeness (QED) is 0.824. The first-order valence-corrected chi connectivity index (χ1v) is 7.45. The summed E-state index contributed by atoms with van der Waals surface area (Å²) in [5.41, 5.74) is 1.42. The topological polar surface area (TPSA) is 93.5 Å². The van der Waals surface area contributed by atoms with Crippen molar-refractivity contribution in [2.45, 2.75) is 25.3 Å². The summed E-state index contributed by atoms with van der Waals surface area (Å²) >= 11 is 0. The number of nitrogens with one attached hydrogen (secondary N) is 1. The summed E-state index contributed by atoms with van der Waals surface area (Å²) in [6, 6.07) is 8.71. The number of imide groups is 1. The molecule has 2 aliphatic rings. The number of nitrogens with zero attached hydrogens (tertiary/aromatic N) is 3. The van der Waals surface area contributed by atoms with Crippen LogP contribution in [0.5, 0.6) is 0 Å². The second kappa shape index (κ2) is 6.08. The van der Waals surface area contributed by atoms with Gasteiger partial charge in [-0.2, -0.15) is 5.26 Å². The molecule has 1 heterocycles. The van der Waals surface area contributed by atoms with E-state index in [9.17, 15) is 14.4 Å². The van der Waals surface area contributed by atoms with Crippen LogP contribution in [0, 0.1) is 11.3 Å². The SMILES string of the molecule is N#CCc1ccc(NC(=O)CN2C(=O)CN(C3CC3)C2=O)cc1. The molecular weight excluding hydrogens is 296 g/mol. The van der Waals surface area contributed by atoms with Crippen molar-refractivity contribution in [1.29, 1.82) is 5.26 Å². The second-order valence-electron chi connectivity index (χ2n) is 5.70. The number of urea groups is 1. The maximum Gasteiger partial charge on any atom is 0.327 e. The summed E-state index contributed by atoms with van der Waals surface area (Å²) in [5, 5.41) is 11.3. The third-order valence-corrected chi connectivity index (χ3v) is 3.89. The highest BCUT2D eigenvalue weighted by atomic mass is 16.2. The van der Waals surface area contributed by atoms with Crippen LogP contribution < -0.4 is 5.32 Å². The van der Waals surface area contributed by atoms with E-state index < -0.39 is 5.91 Å². The van der Waals surface area contributed by atoms with Gasteiger partial charge >= 0.3 is 6.03 Å². The lowest BCUT2D eigenvalue weighted by molar-refractivity contribution is -0.129. The lowest BCUT2D eigenvalue weighted by Crippen LogP contribution is -2.39. The minimum atomic E-state index is -0.419. The van der Waals surface area contributed by atoms with Crippen LogP contribution in [0.3, 0.4) is 0 Å². The fourth-order valence-corrected chi connectivity index (χ4v) is 2.53. The van der Waals surface area contributed by atoms with E-state index in [1.807, 2.05) is 6.07 Å². The predicted octanol–water partition coefficient (Wildman–Crippen LogP) is 1.12. The van der Waals surface area contributed by atoms with Crippen molar-refractivity contribution in [3.8, 4) is 6.07 Å². The molecule has 0 atom stereocenters. The van der Waals surface area contributed by atoms with Gasteiger partial charge in [-0.3, -0.25) is 14.5 Å². The van der Waals surface area contributed by atoms with E-state index in [4.69, 9.17) is 5.26 Å². The molecule has 0 bridgehead atoms. The van der Waals surface area contributed by atoms with Crippen molar-refractivity contribution in [3.05, 3.63) is 29.8 Å². The van der Waals surface area contributed by atoms with Gasteiger partial charge in [0.2, 0.25) is 5.91 Å². The van der Waals surface area contributed by atoms with Crippen molar-refractivity contribution in [2.75, 3.05) is 18.4 Å². The van der Waals surface area contributed by atoms with E-state index in [0.717, 1.165) is 23.3 Å². The highest BCUT2D eigenvalue weighted by molar-refractivity contribution is 6.06. The zero-order chi connectivity index (χ0) is 16.4. The average Bonchev–Trinajstić information content (AvgIpc) is 3.32. The maximum atomic E-state index is 12.1. The summed E-state index contributed by atoms with van der Waals surface area (Å²) in [6.07, 6.45) is 2.16. The molecule has 1 aromatic carbocycles. The van der Waals surface area contributed by atoms with Gasteiger partial charge in [0, 0.05) is 11.7 Å². The average molecular weight is 312 g/mol. The number of hydrogen-bond donors (Lipinski definition) is 1. The fourth-order valence-electron chi connectivity index (χ4n) is 2.53. The van der Waals surface area contributed by atoms with Crippen LogP contribution in [-0.4, -0.2) is 46.8 Å². The van der Waals surface area contributed by atoms with Gasteiger partial charge in [0.05, 0.1) is 12.5 Å². The highest BCUT2D eigenvalue weighted by Gasteiger charge is 2.44. The van der Waals surface area contributed by atoms with Gasteiger partial charge in [-0.15, -0.1) is 0 Å². The van der Waals surface area contributed by atoms with Gasteiger partial charge in [-0.05, 0) is 30.5 Å². The summed E-state index contributed by atoms with van der Waals surface area (Å²) in [7, 11) is 0. The van der Waals surface area contributed by atoms with Crippen LogP contribution in [0.2, 0.25) is 0 Å². The molecule has 7 heteroatoms. The van der Waals surface area contributed by atoms with E-state index in [1.165, 1.54) is 4.90 Å². The Kier molecular flexibility index (Phi) is 3.98. The largest absolute Gasteiger partial charge is 0.327 e. The molecular formula is C16H16N4O3. The van der Waals surface area contributed by atoms with Gasteiger partial charge < -0.3 is 10.2 Å². The minimum Gasteiger partial charge on any atom is -0.325 e. The Morgan fingerprint density at radius 1 is 1.26 bits per heavy atom. The summed E-state index contributed by atoms with van der Waals surface area (Å²) in [4.78, 5) is 38.6. The molecule has 1 aliphatic heterocycles. The molecule has 0 spiro atoms. The molecule has 1 N–H and O–H groups in total. The van der Waals surface area contributed by atoms with E-state index >= 15 is 0 Å². The zero-order valence-corrected chi connectivity index (χ0v) is 12.5. The van der Waals surface area contributed by atoms with Crippen LogP contribution in [-0.2, 0) is 16.0 Å². The Morgan fingerprint density at radius 2 is 1.96 bits per heavy atom. The van der Waals surface area contributed by atoms with Crippen LogP contribution in [0.1, 0.15) is 18.4 Å². The third kappa shape index (κ3) is 3.31. The Bertz CT molecular complexity index is 688. The molecule has 1 aromatic rings. The molecule has 0 unspecified atom stereocenters. The zero-order valence-electron chi connectivity index (χ0n) is 12.5. The first-order chi connectivity index (χ1) is 11.1. The van der Waals surface area contributed by atoms with Crippen LogP contribution in [0.15, 0.2) is 24.3 Å². The molecule has 118 valence electrons. The third-order valence-electron chi connectivity index (χ3n) is 3.89. The summed E-state index contributed by atoms with van der Waals surface area (Å²) < 4.78 is 0. The Labute approximate surface area is 133 Å². The standard InChI is InChI=1S/C16H16N4O3/c17-8-7-11-1-3-12(4-2-11)18-14(21)9-20-15(22)10-19(16(20)23)13-5-6-13/h1-4,13H,5-7,9-10H2,(H,18,21). The molecule has 1 aliphatic carbocycles. The van der Waals surface area contributed by atoms with E-state index in [2.05, 4.69) is 5.32 Å². The maximum absolute atomic E-state index is 12.1. The smallest absolute Gasteiger partial charge is 0.325 e. The highest BCUT2D eigenvalue weighted by Crippen LogP contribution is 2.30. The predicted molar refractivity (Wildman–Crippen MR) is 81.2 cm³/mol. The van der Waals surface area contributed by atoms with Gasteiger partial charge in [0.15, 0.2) is 0 Å². The van der Waals surface area contributed by atoms with Crippen molar-refractivity contribution in [1.82, 2.24) is 9.80 Å². The minimum absolute atomic E-state index is 0.0691. The van der Waals surface area contributed by atoms with E-state index in [0.29, 0.717) is 12.1 Å². The number of benzene rings is 1. The number of nitriles is 1. The lowest BCUT2D eigenvalue weighted by atomic mass is 10.1. The first-order valence-electron chi connectivity index (χ1n) is 7.45. The van der Waals surface area contributed by atoms with E-state index in [1.54, 1.807) is 24.3 Å². The number of carbonyl (C=O) groups excluding carboxylic acids is 3. The Morgan fingerprint density at radius 3 is 2.57 bits per heavy atom. The summed E-state index contributed by atoms with van der Waals surface area (Å²) in [5.74, 6) is -0.751. The van der Waals surface area contributed by atoms with Crippen molar-refractivity contribution >= 4 is 23.5 Å². The molecule has 4 amide bonds. The van der Waals surface area contributed by atoms with Crippen LogP contribution in [0.4, 0.5) is 10.5 Å². The van der Waals surface area contributed by atoms with Gasteiger partial charge in [-0.25, -0.2) is 4.79 Å². The normalized spacial score (nSPS) is 17.3. The van der Waals surface area contributed by atoms with Crippen molar-refractivity contribution < 1.29 is 14.4 Å². The number of amides is 4. The van der Waals surface area contributed by atoms with Crippen LogP contribution >= 0.6 is 0 Å². The van der Waals surface area contributed by atoms with Gasteiger partial charge in [-0.1, -0.05) is 12.1 Å². The molecule has 23 heavy (non-hydrogen) atoms. The van der Waals surface area contributed by atoms with Crippen molar-refractivity contribution in [3.63, 3.8) is 0 Å². The van der Waals surface area contributed by atoms with E-state index in [-0.39, 0.29) is 31.1 Å². The van der Waals surface area contributed by atoms with Crippen molar-refractivity contribution in [2.24, 2.45) is 0 Å². The summed E-state index contributed by atoms with van der Waals surface area (Å²) in [6.45, 7) is -0.208. The number of rotatable bonds is 5. The molecule has 3 rings (SSSR count). The molecule has 1 saturated heterocycles. The van der Waals surface area contributed by atoms with Gasteiger partial charge in [0.25, 0.3) is 5.91 Å². The molecule has 2 fully saturated rings. The number of carbonyl (C=O) groups is 3. The molecule has 0 radical (unpaired) electrons. The molecule has 1 saturated carbocycles. The monoisotopic (exact) mass is 312 g/mol.